The average molecular weight is 490 g/mol. The molecule has 2 amide bonds. The lowest BCUT2D eigenvalue weighted by molar-refractivity contribution is -0.127. The lowest BCUT2D eigenvalue weighted by Crippen LogP contribution is -2.65. The van der Waals surface area contributed by atoms with Crippen LogP contribution in [0.25, 0.3) is 10.9 Å². The number of nitrogens with zero attached hydrogens (tertiary/aromatic N) is 2. The maximum atomic E-state index is 14.2. The predicted molar refractivity (Wildman–Crippen MR) is 141 cm³/mol. The monoisotopic (exact) mass is 489 g/mol. The van der Waals surface area contributed by atoms with E-state index in [0.717, 1.165) is 36.6 Å². The van der Waals surface area contributed by atoms with Crippen molar-refractivity contribution in [2.45, 2.75) is 70.0 Å². The fourth-order valence-electron chi connectivity index (χ4n) is 5.73. The van der Waals surface area contributed by atoms with Crippen LogP contribution >= 0.6 is 0 Å². The van der Waals surface area contributed by atoms with Gasteiger partial charge in [-0.15, -0.1) is 0 Å². The smallest absolute Gasteiger partial charge is 0.276 e. The molecular formula is C29H35N3O4. The Labute approximate surface area is 212 Å². The molecule has 0 unspecified atom stereocenters. The maximum Gasteiger partial charge on any atom is 0.276 e. The van der Waals surface area contributed by atoms with E-state index in [1.54, 1.807) is 37.3 Å². The van der Waals surface area contributed by atoms with E-state index in [2.05, 4.69) is 5.32 Å². The summed E-state index contributed by atoms with van der Waals surface area (Å²) in [6.07, 6.45) is 7.85. The highest BCUT2D eigenvalue weighted by Gasteiger charge is 2.49. The minimum Gasteiger partial charge on any atom is -0.497 e. The van der Waals surface area contributed by atoms with Crippen LogP contribution in [0.15, 0.2) is 48.5 Å². The van der Waals surface area contributed by atoms with Gasteiger partial charge in [-0.25, -0.2) is 0 Å². The summed E-state index contributed by atoms with van der Waals surface area (Å²) < 4.78 is 13.0. The van der Waals surface area contributed by atoms with E-state index < -0.39 is 5.54 Å². The molecule has 1 atom stereocenters. The van der Waals surface area contributed by atoms with E-state index in [9.17, 15) is 9.59 Å². The molecule has 1 N–H and O–H groups in total. The molecule has 1 aliphatic heterocycles. The van der Waals surface area contributed by atoms with Crippen LogP contribution in [0.4, 0.5) is 5.69 Å². The molecule has 0 saturated heterocycles. The van der Waals surface area contributed by atoms with Gasteiger partial charge in [0, 0.05) is 23.0 Å². The van der Waals surface area contributed by atoms with Gasteiger partial charge in [-0.3, -0.25) is 14.5 Å². The number of ether oxygens (including phenoxy) is 2. The van der Waals surface area contributed by atoms with Crippen molar-refractivity contribution in [3.63, 3.8) is 0 Å². The van der Waals surface area contributed by atoms with Crippen molar-refractivity contribution >= 4 is 28.4 Å². The van der Waals surface area contributed by atoms with Gasteiger partial charge in [-0.1, -0.05) is 50.3 Å². The number of amides is 2. The van der Waals surface area contributed by atoms with Gasteiger partial charge in [-0.2, -0.15) is 0 Å². The molecule has 190 valence electrons. The van der Waals surface area contributed by atoms with Gasteiger partial charge < -0.3 is 19.4 Å². The van der Waals surface area contributed by atoms with Crippen LogP contribution in [0.3, 0.4) is 0 Å². The van der Waals surface area contributed by atoms with E-state index in [1.807, 2.05) is 41.8 Å². The van der Waals surface area contributed by atoms with Crippen LogP contribution in [0.5, 0.6) is 11.5 Å². The van der Waals surface area contributed by atoms with Crippen molar-refractivity contribution in [2.75, 3.05) is 19.1 Å². The van der Waals surface area contributed by atoms with Gasteiger partial charge in [0.1, 0.15) is 22.7 Å². The summed E-state index contributed by atoms with van der Waals surface area (Å²) in [6.45, 7) is 2.21. The van der Waals surface area contributed by atoms with Crippen molar-refractivity contribution in [1.29, 1.82) is 0 Å². The molecule has 36 heavy (non-hydrogen) atoms. The molecule has 1 saturated carbocycles. The van der Waals surface area contributed by atoms with Crippen LogP contribution in [-0.4, -0.2) is 42.2 Å². The van der Waals surface area contributed by atoms with Gasteiger partial charge in [0.25, 0.3) is 5.91 Å². The Hall–Kier alpha value is -3.48. The first-order valence-corrected chi connectivity index (χ1v) is 12.9. The molecule has 2 heterocycles. The highest BCUT2D eigenvalue weighted by molar-refractivity contribution is 6.14. The third-order valence-electron chi connectivity index (χ3n) is 7.75. The van der Waals surface area contributed by atoms with E-state index in [1.165, 1.54) is 19.3 Å². The standard InChI is InChI=1S/C29H35N3O4/c1-29(28(34)30-21-12-7-5-4-6-8-13-21)19-31-23-14-10-9-11-20(23)17-25(31)27(33)32(29)24-16-15-22(35-2)18-26(24)36-3/h9-11,14-18,21H,4-8,12-13,19H2,1-3H3,(H,30,34)/t29-/m0/s1. The first-order chi connectivity index (χ1) is 17.5. The Kier molecular flexibility index (Phi) is 6.65. The van der Waals surface area contributed by atoms with Gasteiger partial charge in [0.05, 0.1) is 26.5 Å². The van der Waals surface area contributed by atoms with E-state index >= 15 is 0 Å². The second-order valence-electron chi connectivity index (χ2n) is 10.1. The molecule has 0 bridgehead atoms. The van der Waals surface area contributed by atoms with Crippen molar-refractivity contribution in [3.8, 4) is 11.5 Å². The second kappa shape index (κ2) is 9.88. The molecule has 3 aromatic rings. The number of hydrogen-bond acceptors (Lipinski definition) is 4. The molecule has 0 spiro atoms. The Morgan fingerprint density at radius 1 is 0.972 bits per heavy atom. The Morgan fingerprint density at radius 3 is 2.42 bits per heavy atom. The molecular weight excluding hydrogens is 454 g/mol. The number of anilines is 1. The van der Waals surface area contributed by atoms with Crippen molar-refractivity contribution in [1.82, 2.24) is 9.88 Å². The molecule has 0 radical (unpaired) electrons. The van der Waals surface area contributed by atoms with Crippen molar-refractivity contribution < 1.29 is 19.1 Å². The van der Waals surface area contributed by atoms with Crippen LogP contribution in [0.2, 0.25) is 0 Å². The summed E-state index contributed by atoms with van der Waals surface area (Å²) in [6, 6.07) is 15.3. The number of rotatable bonds is 5. The van der Waals surface area contributed by atoms with Gasteiger partial charge in [0.2, 0.25) is 5.91 Å². The molecule has 1 aromatic heterocycles. The summed E-state index contributed by atoms with van der Waals surface area (Å²) in [7, 11) is 3.15. The largest absolute Gasteiger partial charge is 0.497 e. The van der Waals surface area contributed by atoms with Gasteiger partial charge in [0.15, 0.2) is 0 Å². The van der Waals surface area contributed by atoms with Crippen LogP contribution in [0, 0.1) is 0 Å². The SMILES string of the molecule is COc1ccc(N2C(=O)c3cc4ccccc4n3C[C@@]2(C)C(=O)NC2CCCCCCC2)c(OC)c1. The number of benzene rings is 2. The fourth-order valence-corrected chi connectivity index (χ4v) is 5.73. The molecule has 7 heteroatoms. The zero-order chi connectivity index (χ0) is 25.3. The van der Waals surface area contributed by atoms with Crippen molar-refractivity contribution in [3.05, 3.63) is 54.2 Å². The quantitative estimate of drug-likeness (QED) is 0.527. The zero-order valence-corrected chi connectivity index (χ0v) is 21.4. The number of carbonyl (C=O) groups is 2. The third kappa shape index (κ3) is 4.21. The Morgan fingerprint density at radius 2 is 1.69 bits per heavy atom. The van der Waals surface area contributed by atoms with Crippen LogP contribution in [-0.2, 0) is 11.3 Å². The fraction of sp³-hybridized carbons (Fsp3) is 0.448. The Balaban J connectivity index is 1.60. The first-order valence-electron chi connectivity index (χ1n) is 12.9. The average Bonchev–Trinajstić information content (AvgIpc) is 3.24. The summed E-state index contributed by atoms with van der Waals surface area (Å²) in [5, 5.41) is 4.32. The minimum atomic E-state index is -1.16. The van der Waals surface area contributed by atoms with E-state index in [-0.39, 0.29) is 17.9 Å². The number of methoxy groups -OCH3 is 2. The van der Waals surface area contributed by atoms with Gasteiger partial charge in [-0.05, 0) is 44.0 Å². The maximum absolute atomic E-state index is 14.2. The number of nitrogens with one attached hydrogen (secondary N) is 1. The summed E-state index contributed by atoms with van der Waals surface area (Å²) in [4.78, 5) is 29.9. The van der Waals surface area contributed by atoms with Crippen LogP contribution in [0.1, 0.15) is 62.4 Å². The molecule has 5 rings (SSSR count). The minimum absolute atomic E-state index is 0.118. The number of aromatic nitrogens is 1. The molecule has 7 nitrogen and oxygen atoms in total. The lowest BCUT2D eigenvalue weighted by Gasteiger charge is -2.45. The number of fused-ring (bicyclic) bond motifs is 3. The first kappa shape index (κ1) is 24.2. The molecule has 2 aliphatic rings. The van der Waals surface area contributed by atoms with Crippen LogP contribution < -0.4 is 19.7 Å². The number of carbonyl (C=O) groups excluding carboxylic acids is 2. The van der Waals surface area contributed by atoms with E-state index in [4.69, 9.17) is 9.47 Å². The van der Waals surface area contributed by atoms with Gasteiger partial charge >= 0.3 is 0 Å². The topological polar surface area (TPSA) is 72.8 Å². The predicted octanol–water partition coefficient (Wildman–Crippen LogP) is 5.31. The number of hydrogen-bond donors (Lipinski definition) is 1. The number of para-hydroxylation sites is 1. The molecule has 1 fully saturated rings. The highest BCUT2D eigenvalue weighted by Crippen LogP contribution is 2.41. The summed E-state index contributed by atoms with van der Waals surface area (Å²) in [5.74, 6) is 0.742. The molecule has 2 aromatic carbocycles. The highest BCUT2D eigenvalue weighted by atomic mass is 16.5. The summed E-state index contributed by atoms with van der Waals surface area (Å²) >= 11 is 0. The second-order valence-corrected chi connectivity index (χ2v) is 10.1. The van der Waals surface area contributed by atoms with Crippen molar-refractivity contribution in [2.24, 2.45) is 0 Å². The zero-order valence-electron chi connectivity index (χ0n) is 21.4. The third-order valence-corrected chi connectivity index (χ3v) is 7.75. The van der Waals surface area contributed by atoms with E-state index in [0.29, 0.717) is 29.4 Å². The summed E-state index contributed by atoms with van der Waals surface area (Å²) in [5.41, 5.74) is 0.906. The lowest BCUT2D eigenvalue weighted by atomic mass is 9.91. The Bertz CT molecular complexity index is 1270. The normalized spacial score (nSPS) is 21.0. The molecule has 1 aliphatic carbocycles.